The molecule has 0 amide bonds. The molecule has 3 heteroatoms. The van der Waals surface area contributed by atoms with Gasteiger partial charge >= 0.3 is 0 Å². The maximum Gasteiger partial charge on any atom is 0.0481 e. The van der Waals surface area contributed by atoms with Gasteiger partial charge in [-0.05, 0) is 30.7 Å². The van der Waals surface area contributed by atoms with Crippen LogP contribution in [0.25, 0.3) is 0 Å². The van der Waals surface area contributed by atoms with Gasteiger partial charge in [-0.3, -0.25) is 0 Å². The summed E-state index contributed by atoms with van der Waals surface area (Å²) in [5, 5.41) is 0.980. The Morgan fingerprint density at radius 1 is 1.17 bits per heavy atom. The number of halogens is 1. The van der Waals surface area contributed by atoms with Crippen LogP contribution in [0.5, 0.6) is 0 Å². The standard InChI is InChI=1S/C15H16ClNS/c1-11-5-4-6-12(9-11)18-15(10-17)13-7-2-3-8-14(13)16/h2-9,15H,10,17H2,1H3. The molecule has 0 saturated heterocycles. The van der Waals surface area contributed by atoms with E-state index in [1.54, 1.807) is 11.8 Å². The van der Waals surface area contributed by atoms with Crippen molar-refractivity contribution in [3.8, 4) is 0 Å². The highest BCUT2D eigenvalue weighted by atomic mass is 35.5. The molecule has 0 aromatic heterocycles. The number of thioether (sulfide) groups is 1. The monoisotopic (exact) mass is 277 g/mol. The molecule has 2 rings (SSSR count). The molecule has 0 spiro atoms. The fourth-order valence-corrected chi connectivity index (χ4v) is 3.33. The molecule has 2 aromatic rings. The van der Waals surface area contributed by atoms with Crippen LogP contribution < -0.4 is 5.73 Å². The number of benzene rings is 2. The molecule has 94 valence electrons. The van der Waals surface area contributed by atoms with Crippen LogP contribution in [-0.2, 0) is 0 Å². The van der Waals surface area contributed by atoms with E-state index in [-0.39, 0.29) is 5.25 Å². The third-order valence-corrected chi connectivity index (χ3v) is 4.34. The van der Waals surface area contributed by atoms with E-state index in [9.17, 15) is 0 Å². The third kappa shape index (κ3) is 3.29. The highest BCUT2D eigenvalue weighted by Gasteiger charge is 2.14. The molecule has 0 radical (unpaired) electrons. The lowest BCUT2D eigenvalue weighted by Crippen LogP contribution is -2.09. The maximum atomic E-state index is 6.23. The fraction of sp³-hybridized carbons (Fsp3) is 0.200. The lowest BCUT2D eigenvalue weighted by Gasteiger charge is -2.16. The predicted molar refractivity (Wildman–Crippen MR) is 80.3 cm³/mol. The Bertz CT molecular complexity index is 527. The van der Waals surface area contributed by atoms with E-state index in [0.29, 0.717) is 6.54 Å². The van der Waals surface area contributed by atoms with E-state index in [2.05, 4.69) is 31.2 Å². The van der Waals surface area contributed by atoms with Gasteiger partial charge in [0.2, 0.25) is 0 Å². The molecule has 1 nitrogen and oxygen atoms in total. The highest BCUT2D eigenvalue weighted by Crippen LogP contribution is 2.37. The van der Waals surface area contributed by atoms with Crippen molar-refractivity contribution in [2.45, 2.75) is 17.1 Å². The normalized spacial score (nSPS) is 12.4. The Balaban J connectivity index is 2.23. The number of nitrogens with two attached hydrogens (primary N) is 1. The van der Waals surface area contributed by atoms with Gasteiger partial charge in [-0.1, -0.05) is 47.5 Å². The molecule has 0 aliphatic heterocycles. The first kappa shape index (κ1) is 13.5. The van der Waals surface area contributed by atoms with Crippen LogP contribution in [0.1, 0.15) is 16.4 Å². The summed E-state index contributed by atoms with van der Waals surface area (Å²) >= 11 is 7.99. The number of hydrogen-bond acceptors (Lipinski definition) is 2. The van der Waals surface area contributed by atoms with Crippen molar-refractivity contribution in [3.05, 3.63) is 64.7 Å². The van der Waals surface area contributed by atoms with Crippen molar-refractivity contribution < 1.29 is 0 Å². The van der Waals surface area contributed by atoms with E-state index < -0.39 is 0 Å². The van der Waals surface area contributed by atoms with Crippen LogP contribution >= 0.6 is 23.4 Å². The predicted octanol–water partition coefficient (Wildman–Crippen LogP) is 4.44. The minimum atomic E-state index is 0.195. The summed E-state index contributed by atoms with van der Waals surface area (Å²) in [6.45, 7) is 2.67. The van der Waals surface area contributed by atoms with E-state index >= 15 is 0 Å². The smallest absolute Gasteiger partial charge is 0.0481 e. The summed E-state index contributed by atoms with van der Waals surface area (Å²) in [6, 6.07) is 16.3. The topological polar surface area (TPSA) is 26.0 Å². The molecule has 0 aliphatic rings. The third-order valence-electron chi connectivity index (χ3n) is 2.73. The summed E-state index contributed by atoms with van der Waals surface area (Å²) in [6.07, 6.45) is 0. The van der Waals surface area contributed by atoms with Gasteiger partial charge in [0, 0.05) is 21.7 Å². The average Bonchev–Trinajstić information content (AvgIpc) is 2.37. The Hall–Kier alpha value is -0.960. The molecule has 1 unspecified atom stereocenters. The average molecular weight is 278 g/mol. The molecule has 0 heterocycles. The van der Waals surface area contributed by atoms with Gasteiger partial charge in [-0.25, -0.2) is 0 Å². The Morgan fingerprint density at radius 3 is 2.61 bits per heavy atom. The molecule has 1 atom stereocenters. The Kier molecular flexibility index (Phi) is 4.70. The Morgan fingerprint density at radius 2 is 1.94 bits per heavy atom. The van der Waals surface area contributed by atoms with Crippen molar-refractivity contribution in [1.82, 2.24) is 0 Å². The molecule has 0 saturated carbocycles. The largest absolute Gasteiger partial charge is 0.329 e. The van der Waals surface area contributed by atoms with Crippen LogP contribution in [0.4, 0.5) is 0 Å². The Labute approximate surface area is 117 Å². The van der Waals surface area contributed by atoms with Gasteiger partial charge in [-0.2, -0.15) is 0 Å². The molecule has 18 heavy (non-hydrogen) atoms. The summed E-state index contributed by atoms with van der Waals surface area (Å²) in [4.78, 5) is 1.23. The van der Waals surface area contributed by atoms with Crippen LogP contribution in [0.2, 0.25) is 5.02 Å². The molecule has 2 N–H and O–H groups in total. The number of rotatable bonds is 4. The van der Waals surface area contributed by atoms with Gasteiger partial charge in [0.25, 0.3) is 0 Å². The zero-order valence-corrected chi connectivity index (χ0v) is 11.8. The van der Waals surface area contributed by atoms with Crippen molar-refractivity contribution >= 4 is 23.4 Å². The lowest BCUT2D eigenvalue weighted by atomic mass is 10.1. The molecular weight excluding hydrogens is 262 g/mol. The van der Waals surface area contributed by atoms with Crippen LogP contribution in [0, 0.1) is 6.92 Å². The zero-order chi connectivity index (χ0) is 13.0. The summed E-state index contributed by atoms with van der Waals surface area (Å²) in [5.74, 6) is 0. The number of aryl methyl sites for hydroxylation is 1. The lowest BCUT2D eigenvalue weighted by molar-refractivity contribution is 0.941. The molecule has 2 aromatic carbocycles. The van der Waals surface area contributed by atoms with Gasteiger partial charge < -0.3 is 5.73 Å². The first-order valence-electron chi connectivity index (χ1n) is 5.88. The van der Waals surface area contributed by atoms with Crippen molar-refractivity contribution in [3.63, 3.8) is 0 Å². The first-order chi connectivity index (χ1) is 8.70. The summed E-state index contributed by atoms with van der Waals surface area (Å²) in [7, 11) is 0. The van der Waals surface area contributed by atoms with E-state index in [1.165, 1.54) is 10.5 Å². The minimum absolute atomic E-state index is 0.195. The second kappa shape index (κ2) is 6.28. The SMILES string of the molecule is Cc1cccc(SC(CN)c2ccccc2Cl)c1. The fourth-order valence-electron chi connectivity index (χ4n) is 1.83. The van der Waals surface area contributed by atoms with Crippen molar-refractivity contribution in [2.75, 3.05) is 6.54 Å². The van der Waals surface area contributed by atoms with Crippen molar-refractivity contribution in [2.24, 2.45) is 5.73 Å². The quantitative estimate of drug-likeness (QED) is 0.836. The first-order valence-corrected chi connectivity index (χ1v) is 7.14. The highest BCUT2D eigenvalue weighted by molar-refractivity contribution is 7.99. The van der Waals surface area contributed by atoms with E-state index in [0.717, 1.165) is 10.6 Å². The van der Waals surface area contributed by atoms with Crippen LogP contribution in [-0.4, -0.2) is 6.54 Å². The van der Waals surface area contributed by atoms with Gasteiger partial charge in [0.1, 0.15) is 0 Å². The maximum absolute atomic E-state index is 6.23. The van der Waals surface area contributed by atoms with Crippen LogP contribution in [0.3, 0.4) is 0 Å². The van der Waals surface area contributed by atoms with Gasteiger partial charge in [0.15, 0.2) is 0 Å². The van der Waals surface area contributed by atoms with E-state index in [1.807, 2.05) is 24.3 Å². The zero-order valence-electron chi connectivity index (χ0n) is 10.3. The molecule has 0 aliphatic carbocycles. The van der Waals surface area contributed by atoms with E-state index in [4.69, 9.17) is 17.3 Å². The second-order valence-corrected chi connectivity index (χ2v) is 5.86. The molecule has 0 fully saturated rings. The summed E-state index contributed by atoms with van der Waals surface area (Å²) < 4.78 is 0. The van der Waals surface area contributed by atoms with Crippen LogP contribution in [0.15, 0.2) is 53.4 Å². The summed E-state index contributed by atoms with van der Waals surface area (Å²) in [5.41, 5.74) is 8.24. The molecular formula is C15H16ClNS. The van der Waals surface area contributed by atoms with Gasteiger partial charge in [0.05, 0.1) is 0 Å². The number of hydrogen-bond donors (Lipinski definition) is 1. The van der Waals surface area contributed by atoms with Gasteiger partial charge in [-0.15, -0.1) is 11.8 Å². The minimum Gasteiger partial charge on any atom is -0.329 e. The second-order valence-electron chi connectivity index (χ2n) is 4.18. The molecule has 0 bridgehead atoms. The van der Waals surface area contributed by atoms with Crippen molar-refractivity contribution in [1.29, 1.82) is 0 Å².